The number of unbranched alkanes of at least 4 members (excludes halogenated alkanes) is 14. The van der Waals surface area contributed by atoms with Crippen molar-refractivity contribution in [2.45, 2.75) is 192 Å². The standard InChI is InChI=1S/C41H81N9O6/c1-2-3-4-11-25-37(52)49-34(23-15-18-29-43)40(55)46-32-21-10-6-8-13-27-38(53)50-35(24-16-19-30-44)41(56)47-31-20-9-5-7-12-26-36(51)48-33(39(45)54)22-14-17-28-42/h33-35H,2-32,42-44H2,1H3,(H2,45,54)(H,46,55)(H,47,56)(H,48,51)(H,49,52)(H,50,53). The van der Waals surface area contributed by atoms with Crippen LogP contribution in [0, 0.1) is 0 Å². The largest absolute Gasteiger partial charge is 0.368 e. The number of carbonyl (C=O) groups is 6. The summed E-state index contributed by atoms with van der Waals surface area (Å²) in [6.07, 6.45) is 19.8. The molecule has 56 heavy (non-hydrogen) atoms. The lowest BCUT2D eigenvalue weighted by atomic mass is 10.1. The van der Waals surface area contributed by atoms with Crippen molar-refractivity contribution >= 4 is 35.4 Å². The zero-order chi connectivity index (χ0) is 41.7. The Balaban J connectivity index is 4.34. The van der Waals surface area contributed by atoms with Crippen LogP contribution in [0.4, 0.5) is 0 Å². The molecule has 0 rings (SSSR count). The van der Waals surface area contributed by atoms with Gasteiger partial charge in [-0.2, -0.15) is 0 Å². The zero-order valence-corrected chi connectivity index (χ0v) is 34.9. The zero-order valence-electron chi connectivity index (χ0n) is 34.9. The molecule has 13 N–H and O–H groups in total. The maximum atomic E-state index is 13.0. The Bertz CT molecular complexity index is 1060. The van der Waals surface area contributed by atoms with Crippen LogP contribution in [-0.4, -0.2) is 86.3 Å². The van der Waals surface area contributed by atoms with Crippen LogP contribution in [0.2, 0.25) is 0 Å². The average Bonchev–Trinajstić information content (AvgIpc) is 3.17. The van der Waals surface area contributed by atoms with Crippen molar-refractivity contribution < 1.29 is 28.8 Å². The Morgan fingerprint density at radius 3 is 1.09 bits per heavy atom. The van der Waals surface area contributed by atoms with Crippen molar-refractivity contribution in [2.24, 2.45) is 22.9 Å². The summed E-state index contributed by atoms with van der Waals surface area (Å²) in [6.45, 7) is 4.79. The summed E-state index contributed by atoms with van der Waals surface area (Å²) in [5.74, 6) is -1.25. The molecule has 15 nitrogen and oxygen atoms in total. The van der Waals surface area contributed by atoms with Gasteiger partial charge in [-0.05, 0) is 110 Å². The highest BCUT2D eigenvalue weighted by molar-refractivity contribution is 5.88. The van der Waals surface area contributed by atoms with Crippen LogP contribution >= 0.6 is 0 Å². The molecule has 326 valence electrons. The van der Waals surface area contributed by atoms with Crippen molar-refractivity contribution in [2.75, 3.05) is 32.7 Å². The predicted molar refractivity (Wildman–Crippen MR) is 224 cm³/mol. The van der Waals surface area contributed by atoms with Gasteiger partial charge in [-0.25, -0.2) is 0 Å². The van der Waals surface area contributed by atoms with Crippen molar-refractivity contribution in [1.29, 1.82) is 0 Å². The van der Waals surface area contributed by atoms with Crippen LogP contribution in [-0.2, 0) is 28.8 Å². The highest BCUT2D eigenvalue weighted by atomic mass is 16.2. The molecule has 0 aromatic carbocycles. The van der Waals surface area contributed by atoms with Crippen LogP contribution in [0.1, 0.15) is 174 Å². The van der Waals surface area contributed by atoms with Crippen LogP contribution < -0.4 is 49.5 Å². The summed E-state index contributed by atoms with van der Waals surface area (Å²) in [7, 11) is 0. The van der Waals surface area contributed by atoms with E-state index in [9.17, 15) is 28.8 Å². The van der Waals surface area contributed by atoms with E-state index in [4.69, 9.17) is 22.9 Å². The lowest BCUT2D eigenvalue weighted by Gasteiger charge is -2.19. The molecule has 3 unspecified atom stereocenters. The lowest BCUT2D eigenvalue weighted by Crippen LogP contribution is -2.47. The molecule has 6 amide bonds. The van der Waals surface area contributed by atoms with E-state index in [1.54, 1.807) is 0 Å². The Hall–Kier alpha value is -3.30. The van der Waals surface area contributed by atoms with Gasteiger partial charge in [0.2, 0.25) is 35.4 Å². The quantitative estimate of drug-likeness (QED) is 0.0413. The average molecular weight is 796 g/mol. The van der Waals surface area contributed by atoms with Crippen molar-refractivity contribution in [3.05, 3.63) is 0 Å². The van der Waals surface area contributed by atoms with Gasteiger partial charge in [-0.1, -0.05) is 64.7 Å². The fourth-order valence-corrected chi connectivity index (χ4v) is 6.36. The molecule has 0 aliphatic heterocycles. The van der Waals surface area contributed by atoms with Gasteiger partial charge in [0.05, 0.1) is 0 Å². The summed E-state index contributed by atoms with van der Waals surface area (Å²) >= 11 is 0. The van der Waals surface area contributed by atoms with Gasteiger partial charge in [-0.3, -0.25) is 28.8 Å². The Morgan fingerprint density at radius 2 is 0.732 bits per heavy atom. The first-order valence-electron chi connectivity index (χ1n) is 21.9. The Morgan fingerprint density at radius 1 is 0.411 bits per heavy atom. The fourth-order valence-electron chi connectivity index (χ4n) is 6.36. The molecule has 0 aliphatic rings. The van der Waals surface area contributed by atoms with E-state index in [-0.39, 0.29) is 29.5 Å². The highest BCUT2D eigenvalue weighted by Gasteiger charge is 2.21. The summed E-state index contributed by atoms with van der Waals surface area (Å²) in [5, 5.41) is 14.5. The first kappa shape index (κ1) is 52.7. The molecule has 0 fully saturated rings. The molecule has 0 heterocycles. The predicted octanol–water partition coefficient (Wildman–Crippen LogP) is 3.20. The second-order valence-corrected chi connectivity index (χ2v) is 15.0. The Labute approximate surface area is 337 Å². The maximum Gasteiger partial charge on any atom is 0.242 e. The number of hydrogen-bond acceptors (Lipinski definition) is 9. The topological polar surface area (TPSA) is 267 Å². The van der Waals surface area contributed by atoms with Gasteiger partial charge >= 0.3 is 0 Å². The maximum absolute atomic E-state index is 13.0. The van der Waals surface area contributed by atoms with E-state index in [2.05, 4.69) is 33.5 Å². The van der Waals surface area contributed by atoms with Gasteiger partial charge in [0.1, 0.15) is 18.1 Å². The molecule has 0 radical (unpaired) electrons. The van der Waals surface area contributed by atoms with Crippen LogP contribution in [0.3, 0.4) is 0 Å². The molecule has 15 heteroatoms. The monoisotopic (exact) mass is 796 g/mol. The van der Waals surface area contributed by atoms with E-state index in [0.29, 0.717) is 84.1 Å². The molecular weight excluding hydrogens is 715 g/mol. The summed E-state index contributed by atoms with van der Waals surface area (Å²) in [4.78, 5) is 74.8. The molecule has 0 aromatic rings. The van der Waals surface area contributed by atoms with Crippen LogP contribution in [0.25, 0.3) is 0 Å². The highest BCUT2D eigenvalue weighted by Crippen LogP contribution is 2.10. The molecule has 0 aliphatic carbocycles. The third-order valence-electron chi connectivity index (χ3n) is 9.84. The van der Waals surface area contributed by atoms with Gasteiger partial charge < -0.3 is 49.5 Å². The number of nitrogens with one attached hydrogen (secondary N) is 5. The molecule has 0 aromatic heterocycles. The Kier molecular flexibility index (Phi) is 35.1. The fraction of sp³-hybridized carbons (Fsp3) is 0.854. The van der Waals surface area contributed by atoms with E-state index < -0.39 is 24.0 Å². The number of nitrogens with two attached hydrogens (primary N) is 4. The van der Waals surface area contributed by atoms with E-state index in [0.717, 1.165) is 116 Å². The van der Waals surface area contributed by atoms with Gasteiger partial charge in [0, 0.05) is 32.4 Å². The minimum atomic E-state index is -0.658. The molecule has 0 bridgehead atoms. The van der Waals surface area contributed by atoms with Crippen molar-refractivity contribution in [3.8, 4) is 0 Å². The number of amides is 6. The summed E-state index contributed by atoms with van der Waals surface area (Å²) in [6, 6.07) is -1.79. The minimum Gasteiger partial charge on any atom is -0.368 e. The van der Waals surface area contributed by atoms with E-state index >= 15 is 0 Å². The van der Waals surface area contributed by atoms with Crippen molar-refractivity contribution in [3.63, 3.8) is 0 Å². The molecule has 0 spiro atoms. The second kappa shape index (κ2) is 37.3. The molecule has 3 atom stereocenters. The van der Waals surface area contributed by atoms with Gasteiger partial charge in [-0.15, -0.1) is 0 Å². The number of primary amides is 1. The molecule has 0 saturated carbocycles. The number of carbonyl (C=O) groups excluding carboxylic acids is 6. The number of rotatable bonds is 39. The first-order valence-corrected chi connectivity index (χ1v) is 21.9. The lowest BCUT2D eigenvalue weighted by molar-refractivity contribution is -0.129. The first-order chi connectivity index (χ1) is 27.1. The van der Waals surface area contributed by atoms with Crippen LogP contribution in [0.5, 0.6) is 0 Å². The SMILES string of the molecule is CCCCCCC(=O)NC(CCCCN)C(=O)NCCCCCCCC(=O)NC(CCCCN)C(=O)NCCCCCCCC(=O)NC(CCCCN)C(N)=O. The molecule has 0 saturated heterocycles. The van der Waals surface area contributed by atoms with Crippen molar-refractivity contribution in [1.82, 2.24) is 26.6 Å². The third kappa shape index (κ3) is 30.9. The number of hydrogen-bond donors (Lipinski definition) is 9. The molecular formula is C41H81N9O6. The summed E-state index contributed by atoms with van der Waals surface area (Å²) < 4.78 is 0. The van der Waals surface area contributed by atoms with Gasteiger partial charge in [0.25, 0.3) is 0 Å². The minimum absolute atomic E-state index is 0.0755. The van der Waals surface area contributed by atoms with Gasteiger partial charge in [0.15, 0.2) is 0 Å². The van der Waals surface area contributed by atoms with Crippen LogP contribution in [0.15, 0.2) is 0 Å². The third-order valence-corrected chi connectivity index (χ3v) is 9.84. The smallest absolute Gasteiger partial charge is 0.242 e. The summed E-state index contributed by atoms with van der Waals surface area (Å²) in [5.41, 5.74) is 22.2. The second-order valence-electron chi connectivity index (χ2n) is 15.0. The normalized spacial score (nSPS) is 12.6. The van der Waals surface area contributed by atoms with E-state index in [1.807, 2.05) is 0 Å². The van der Waals surface area contributed by atoms with E-state index in [1.165, 1.54) is 0 Å².